The number of anilines is 1. The van der Waals surface area contributed by atoms with Crippen LogP contribution in [-0.2, 0) is 0 Å². The van der Waals surface area contributed by atoms with Gasteiger partial charge in [0.1, 0.15) is 5.65 Å². The molecule has 0 spiro atoms. The van der Waals surface area contributed by atoms with E-state index in [1.54, 1.807) is 18.5 Å². The van der Waals surface area contributed by atoms with E-state index in [2.05, 4.69) is 32.2 Å². The van der Waals surface area contributed by atoms with E-state index in [-0.39, 0.29) is 11.9 Å². The Hall–Kier alpha value is -2.21. The highest BCUT2D eigenvalue weighted by Gasteiger charge is 2.21. The molecule has 25 heavy (non-hydrogen) atoms. The maximum atomic E-state index is 14.2. The largest absolute Gasteiger partial charge is 0.365 e. The fourth-order valence-corrected chi connectivity index (χ4v) is 3.51. The molecule has 0 saturated heterocycles. The lowest BCUT2D eigenvalue weighted by Crippen LogP contribution is -2.26. The standard InChI is InChI=1S/C18H18ClFN5/c1-10-3-2-4-12(5-10)24-18-15(20)9-23-17(25-18)14-8-22-16-13(14)6-11(19)7-21-16/h6-9,12H,2-5H2,1H3,(H,21,22)(H,23,24,25). The van der Waals surface area contributed by atoms with Crippen LogP contribution in [0.5, 0.6) is 0 Å². The molecule has 7 heteroatoms. The second-order valence-corrected chi connectivity index (χ2v) is 6.97. The zero-order chi connectivity index (χ0) is 17.4. The molecular formula is C18H18ClFN5. The molecule has 3 aromatic heterocycles. The predicted octanol–water partition coefficient (Wildman–Crippen LogP) is 4.76. The molecule has 1 unspecified atom stereocenters. The number of fused-ring (bicyclic) bond motifs is 1. The van der Waals surface area contributed by atoms with Gasteiger partial charge in [0.05, 0.1) is 11.2 Å². The zero-order valence-electron chi connectivity index (χ0n) is 13.8. The van der Waals surface area contributed by atoms with Gasteiger partial charge in [-0.3, -0.25) is 0 Å². The van der Waals surface area contributed by atoms with Gasteiger partial charge in [0.2, 0.25) is 0 Å². The number of rotatable bonds is 3. The lowest BCUT2D eigenvalue weighted by atomic mass is 9.87. The zero-order valence-corrected chi connectivity index (χ0v) is 14.6. The van der Waals surface area contributed by atoms with Gasteiger partial charge in [-0.15, -0.1) is 0 Å². The van der Waals surface area contributed by atoms with Crippen molar-refractivity contribution >= 4 is 28.5 Å². The third-order valence-electron chi connectivity index (χ3n) is 4.57. The van der Waals surface area contributed by atoms with Crippen LogP contribution < -0.4 is 5.32 Å². The molecule has 1 saturated carbocycles. The minimum Gasteiger partial charge on any atom is -0.365 e. The normalized spacial score (nSPS) is 18.6. The van der Waals surface area contributed by atoms with E-state index in [1.807, 2.05) is 0 Å². The summed E-state index contributed by atoms with van der Waals surface area (Å²) in [5.41, 5.74) is 1.44. The van der Waals surface area contributed by atoms with Crippen molar-refractivity contribution in [3.63, 3.8) is 0 Å². The van der Waals surface area contributed by atoms with Gasteiger partial charge in [0, 0.05) is 29.4 Å². The number of halogens is 2. The van der Waals surface area contributed by atoms with Gasteiger partial charge in [-0.1, -0.05) is 24.9 Å². The topological polar surface area (TPSA) is 66.5 Å². The van der Waals surface area contributed by atoms with Crippen molar-refractivity contribution < 1.29 is 4.39 Å². The highest BCUT2D eigenvalue weighted by molar-refractivity contribution is 6.31. The van der Waals surface area contributed by atoms with Crippen molar-refractivity contribution in [3.8, 4) is 11.4 Å². The first-order valence-corrected chi connectivity index (χ1v) is 8.71. The van der Waals surface area contributed by atoms with Crippen LogP contribution in [0.4, 0.5) is 10.2 Å². The number of pyridine rings is 1. The number of hydrogen-bond acceptors (Lipinski definition) is 4. The molecule has 1 radical (unpaired) electrons. The van der Waals surface area contributed by atoms with E-state index in [1.165, 1.54) is 12.1 Å². The van der Waals surface area contributed by atoms with Gasteiger partial charge in [-0.05, 0) is 31.2 Å². The van der Waals surface area contributed by atoms with Crippen molar-refractivity contribution in [1.29, 1.82) is 0 Å². The Balaban J connectivity index is 1.67. The first-order chi connectivity index (χ1) is 12.1. The summed E-state index contributed by atoms with van der Waals surface area (Å²) in [5, 5.41) is 4.58. The van der Waals surface area contributed by atoms with Crippen LogP contribution in [0.2, 0.25) is 5.02 Å². The molecule has 1 aliphatic carbocycles. The number of H-pyrrole nitrogens is 1. The molecule has 3 aromatic rings. The van der Waals surface area contributed by atoms with E-state index < -0.39 is 5.82 Å². The van der Waals surface area contributed by atoms with Crippen molar-refractivity contribution in [1.82, 2.24) is 19.9 Å². The molecule has 1 aliphatic rings. The lowest BCUT2D eigenvalue weighted by Gasteiger charge is -2.27. The quantitative estimate of drug-likeness (QED) is 0.708. The first-order valence-electron chi connectivity index (χ1n) is 8.33. The Morgan fingerprint density at radius 2 is 2.20 bits per heavy atom. The summed E-state index contributed by atoms with van der Waals surface area (Å²) < 4.78 is 14.2. The summed E-state index contributed by atoms with van der Waals surface area (Å²) in [7, 11) is 0. The van der Waals surface area contributed by atoms with Gasteiger partial charge in [-0.2, -0.15) is 0 Å². The summed E-state index contributed by atoms with van der Waals surface area (Å²) in [5.74, 6) is 1.68. The fraction of sp³-hybridized carbons (Fsp3) is 0.333. The van der Waals surface area contributed by atoms with E-state index in [0.29, 0.717) is 16.5 Å². The third kappa shape index (κ3) is 3.31. The Kier molecular flexibility index (Phi) is 4.29. The molecule has 0 aliphatic heterocycles. The molecule has 1 fully saturated rings. The van der Waals surface area contributed by atoms with Gasteiger partial charge < -0.3 is 10.3 Å². The first kappa shape index (κ1) is 16.3. The lowest BCUT2D eigenvalue weighted by molar-refractivity contribution is 0.489. The van der Waals surface area contributed by atoms with E-state index in [0.717, 1.165) is 36.6 Å². The van der Waals surface area contributed by atoms with Gasteiger partial charge in [-0.25, -0.2) is 19.3 Å². The number of nitrogens with zero attached hydrogens (tertiary/aromatic N) is 3. The predicted molar refractivity (Wildman–Crippen MR) is 96.9 cm³/mol. The second kappa shape index (κ2) is 6.59. The molecule has 0 amide bonds. The van der Waals surface area contributed by atoms with Crippen molar-refractivity contribution in [3.05, 3.63) is 41.4 Å². The van der Waals surface area contributed by atoms with Gasteiger partial charge in [0.25, 0.3) is 0 Å². The minimum atomic E-state index is -0.442. The van der Waals surface area contributed by atoms with E-state index >= 15 is 0 Å². The molecular weight excluding hydrogens is 341 g/mol. The molecule has 5 nitrogen and oxygen atoms in total. The average molecular weight is 359 g/mol. The molecule has 0 bridgehead atoms. The van der Waals surface area contributed by atoms with Crippen molar-refractivity contribution in [2.24, 2.45) is 0 Å². The molecule has 0 aromatic carbocycles. The van der Waals surface area contributed by atoms with Crippen molar-refractivity contribution in [2.75, 3.05) is 5.32 Å². The van der Waals surface area contributed by atoms with Crippen molar-refractivity contribution in [2.45, 2.75) is 38.6 Å². The Morgan fingerprint density at radius 3 is 3.04 bits per heavy atom. The summed E-state index contributed by atoms with van der Waals surface area (Å²) in [4.78, 5) is 15.9. The summed E-state index contributed by atoms with van der Waals surface area (Å²) in [6.45, 7) is 2.15. The maximum Gasteiger partial charge on any atom is 0.183 e. The molecule has 3 heterocycles. The number of hydrogen-bond donors (Lipinski definition) is 2. The van der Waals surface area contributed by atoms with Crippen LogP contribution >= 0.6 is 11.6 Å². The molecule has 2 N–H and O–H groups in total. The van der Waals surface area contributed by atoms with Crippen LogP contribution in [0.15, 0.2) is 24.7 Å². The van der Waals surface area contributed by atoms with Crippen LogP contribution in [0.1, 0.15) is 32.6 Å². The highest BCUT2D eigenvalue weighted by Crippen LogP contribution is 2.30. The fourth-order valence-electron chi connectivity index (χ4n) is 3.35. The van der Waals surface area contributed by atoms with Gasteiger partial charge in [0.15, 0.2) is 17.5 Å². The maximum absolute atomic E-state index is 14.2. The summed E-state index contributed by atoms with van der Waals surface area (Å²) >= 11 is 6.04. The third-order valence-corrected chi connectivity index (χ3v) is 4.78. The molecule has 129 valence electrons. The highest BCUT2D eigenvalue weighted by atomic mass is 35.5. The smallest absolute Gasteiger partial charge is 0.183 e. The number of aromatic amines is 1. The van der Waals surface area contributed by atoms with Crippen LogP contribution in [-0.4, -0.2) is 26.0 Å². The van der Waals surface area contributed by atoms with E-state index in [9.17, 15) is 4.39 Å². The second-order valence-electron chi connectivity index (χ2n) is 6.54. The van der Waals surface area contributed by atoms with Crippen LogP contribution in [0.3, 0.4) is 0 Å². The average Bonchev–Trinajstić information content (AvgIpc) is 3.00. The number of nitrogens with one attached hydrogen (secondary N) is 2. The Labute approximate surface area is 150 Å². The monoisotopic (exact) mass is 358 g/mol. The van der Waals surface area contributed by atoms with E-state index in [4.69, 9.17) is 11.6 Å². The Bertz CT molecular complexity index is 910. The summed E-state index contributed by atoms with van der Waals surface area (Å²) in [6.07, 6.45) is 8.79. The number of aromatic nitrogens is 4. The van der Waals surface area contributed by atoms with Crippen LogP contribution in [0, 0.1) is 11.7 Å². The molecule has 4 rings (SSSR count). The minimum absolute atomic E-state index is 0.213. The molecule has 1 atom stereocenters. The van der Waals surface area contributed by atoms with Crippen LogP contribution in [0.25, 0.3) is 22.4 Å². The Morgan fingerprint density at radius 1 is 1.32 bits per heavy atom. The SMILES string of the molecule is C[C]1CCCC(Nc2nc(-c3c[nH]c4ncc(Cl)cc34)ncc2F)C1. The van der Waals surface area contributed by atoms with Gasteiger partial charge >= 0.3 is 0 Å². The summed E-state index contributed by atoms with van der Waals surface area (Å²) in [6, 6.07) is 2.01.